The molecule has 0 spiro atoms. The summed E-state index contributed by atoms with van der Waals surface area (Å²) in [5.41, 5.74) is 2.96. The minimum atomic E-state index is -0.585. The zero-order valence-corrected chi connectivity index (χ0v) is 13.9. The number of benzene rings is 1. The molecule has 4 nitrogen and oxygen atoms in total. The molecule has 124 valence electrons. The van der Waals surface area contributed by atoms with Gasteiger partial charge in [0.15, 0.2) is 0 Å². The van der Waals surface area contributed by atoms with Crippen LogP contribution in [0.1, 0.15) is 56.8 Å². The van der Waals surface area contributed by atoms with Crippen LogP contribution in [-0.4, -0.2) is 22.4 Å². The SMILES string of the molecule is CC(C)(C)N(NC(=O)c1cccc(F)c1)C(=O)C1=CCCCC1. The van der Waals surface area contributed by atoms with Crippen LogP contribution in [0.3, 0.4) is 0 Å². The van der Waals surface area contributed by atoms with Crippen LogP contribution in [0.5, 0.6) is 0 Å². The van der Waals surface area contributed by atoms with E-state index in [4.69, 9.17) is 0 Å². The van der Waals surface area contributed by atoms with Gasteiger partial charge in [-0.2, -0.15) is 0 Å². The topological polar surface area (TPSA) is 49.4 Å². The third-order valence-corrected chi connectivity index (χ3v) is 3.74. The summed E-state index contributed by atoms with van der Waals surface area (Å²) in [7, 11) is 0. The molecule has 0 bridgehead atoms. The molecule has 5 heteroatoms. The maximum Gasteiger partial charge on any atom is 0.270 e. The number of nitrogens with zero attached hydrogens (tertiary/aromatic N) is 1. The first-order chi connectivity index (χ1) is 10.8. The summed E-state index contributed by atoms with van der Waals surface area (Å²) < 4.78 is 13.3. The molecule has 0 saturated carbocycles. The molecule has 0 aromatic heterocycles. The molecule has 1 aromatic carbocycles. The lowest BCUT2D eigenvalue weighted by atomic mass is 9.97. The fraction of sp³-hybridized carbons (Fsp3) is 0.444. The zero-order valence-electron chi connectivity index (χ0n) is 13.9. The molecule has 23 heavy (non-hydrogen) atoms. The van der Waals surface area contributed by atoms with Gasteiger partial charge in [0.05, 0.1) is 5.54 Å². The number of hydrazine groups is 1. The van der Waals surface area contributed by atoms with Crippen LogP contribution in [0.2, 0.25) is 0 Å². The van der Waals surface area contributed by atoms with Gasteiger partial charge in [0, 0.05) is 11.1 Å². The van der Waals surface area contributed by atoms with Crippen LogP contribution in [0, 0.1) is 5.82 Å². The van der Waals surface area contributed by atoms with Crippen molar-refractivity contribution >= 4 is 11.8 Å². The summed E-state index contributed by atoms with van der Waals surface area (Å²) in [6.45, 7) is 5.54. The summed E-state index contributed by atoms with van der Waals surface area (Å²) in [5.74, 6) is -1.17. The van der Waals surface area contributed by atoms with Crippen LogP contribution in [0.15, 0.2) is 35.9 Å². The van der Waals surface area contributed by atoms with Crippen molar-refractivity contribution in [3.8, 4) is 0 Å². The van der Waals surface area contributed by atoms with Crippen LogP contribution in [0.25, 0.3) is 0 Å². The van der Waals surface area contributed by atoms with E-state index < -0.39 is 17.3 Å². The summed E-state index contributed by atoms with van der Waals surface area (Å²) in [4.78, 5) is 25.1. The standard InChI is InChI=1S/C18H23FN2O2/c1-18(2,3)21(17(23)13-8-5-4-6-9-13)20-16(22)14-10-7-11-15(19)12-14/h7-8,10-12H,4-6,9H2,1-3H3,(H,20,22). The van der Waals surface area contributed by atoms with Gasteiger partial charge in [0.25, 0.3) is 11.8 Å². The maximum absolute atomic E-state index is 13.3. The quantitative estimate of drug-likeness (QED) is 0.847. The molecule has 0 aliphatic heterocycles. The van der Waals surface area contributed by atoms with E-state index in [9.17, 15) is 14.0 Å². The molecular weight excluding hydrogens is 295 g/mol. The van der Waals surface area contributed by atoms with Gasteiger partial charge in [-0.15, -0.1) is 0 Å². The van der Waals surface area contributed by atoms with Gasteiger partial charge in [-0.05, 0) is 64.7 Å². The zero-order chi connectivity index (χ0) is 17.0. The number of hydrogen-bond acceptors (Lipinski definition) is 2. The van der Waals surface area contributed by atoms with Crippen LogP contribution in [-0.2, 0) is 4.79 Å². The normalized spacial score (nSPS) is 14.9. The predicted molar refractivity (Wildman–Crippen MR) is 87.0 cm³/mol. The van der Waals surface area contributed by atoms with Gasteiger partial charge >= 0.3 is 0 Å². The largest absolute Gasteiger partial charge is 0.270 e. The molecule has 0 fully saturated rings. The Morgan fingerprint density at radius 3 is 2.52 bits per heavy atom. The van der Waals surface area contributed by atoms with Gasteiger partial charge in [0.2, 0.25) is 0 Å². The summed E-state index contributed by atoms with van der Waals surface area (Å²) in [6.07, 6.45) is 5.62. The van der Waals surface area contributed by atoms with Crippen LogP contribution >= 0.6 is 0 Å². The van der Waals surface area contributed by atoms with Crippen LogP contribution in [0.4, 0.5) is 4.39 Å². The van der Waals surface area contributed by atoms with E-state index in [0.717, 1.165) is 37.3 Å². The maximum atomic E-state index is 13.3. The van der Waals surface area contributed by atoms with E-state index in [1.54, 1.807) is 0 Å². The highest BCUT2D eigenvalue weighted by atomic mass is 19.1. The molecule has 0 unspecified atom stereocenters. The average molecular weight is 318 g/mol. The van der Waals surface area contributed by atoms with Crippen molar-refractivity contribution in [3.63, 3.8) is 0 Å². The first-order valence-corrected chi connectivity index (χ1v) is 7.89. The number of halogens is 1. The van der Waals surface area contributed by atoms with Gasteiger partial charge < -0.3 is 0 Å². The highest BCUT2D eigenvalue weighted by molar-refractivity contribution is 5.99. The Kier molecular flexibility index (Phi) is 5.19. The number of hydrogen-bond donors (Lipinski definition) is 1. The summed E-state index contributed by atoms with van der Waals surface area (Å²) >= 11 is 0. The molecule has 1 aromatic rings. The third-order valence-electron chi connectivity index (χ3n) is 3.74. The molecule has 0 heterocycles. The Morgan fingerprint density at radius 1 is 1.22 bits per heavy atom. The second-order valence-electron chi connectivity index (χ2n) is 6.74. The molecule has 1 N–H and O–H groups in total. The number of carbonyl (C=O) groups is 2. The van der Waals surface area contributed by atoms with Crippen molar-refractivity contribution in [3.05, 3.63) is 47.3 Å². The second kappa shape index (κ2) is 6.94. The summed E-state index contributed by atoms with van der Waals surface area (Å²) in [5, 5.41) is 1.34. The van der Waals surface area contributed by atoms with Crippen molar-refractivity contribution < 1.29 is 14.0 Å². The van der Waals surface area contributed by atoms with Crippen molar-refractivity contribution in [2.45, 2.75) is 52.0 Å². The highest BCUT2D eigenvalue weighted by Crippen LogP contribution is 2.22. The Morgan fingerprint density at radius 2 is 1.96 bits per heavy atom. The van der Waals surface area contributed by atoms with E-state index in [1.807, 2.05) is 26.8 Å². The minimum absolute atomic E-state index is 0.185. The molecule has 1 aliphatic carbocycles. The van der Waals surface area contributed by atoms with Crippen molar-refractivity contribution in [1.29, 1.82) is 0 Å². The van der Waals surface area contributed by atoms with Gasteiger partial charge in [-0.3, -0.25) is 15.0 Å². The molecule has 1 aliphatic rings. The van der Waals surface area contributed by atoms with Gasteiger partial charge in [0.1, 0.15) is 5.82 Å². The van der Waals surface area contributed by atoms with Crippen LogP contribution < -0.4 is 5.43 Å². The highest BCUT2D eigenvalue weighted by Gasteiger charge is 2.31. The number of nitrogens with one attached hydrogen (secondary N) is 1. The van der Waals surface area contributed by atoms with E-state index in [1.165, 1.54) is 23.2 Å². The first-order valence-electron chi connectivity index (χ1n) is 7.89. The summed E-state index contributed by atoms with van der Waals surface area (Å²) in [6, 6.07) is 5.41. The van der Waals surface area contributed by atoms with Gasteiger partial charge in [-0.1, -0.05) is 12.1 Å². The van der Waals surface area contributed by atoms with E-state index >= 15 is 0 Å². The Balaban J connectivity index is 2.21. The van der Waals surface area contributed by atoms with Crippen molar-refractivity contribution in [2.75, 3.05) is 0 Å². The predicted octanol–water partition coefficient (Wildman–Crippen LogP) is 3.60. The first kappa shape index (κ1) is 17.2. The molecule has 0 radical (unpaired) electrons. The fourth-order valence-electron chi connectivity index (χ4n) is 2.49. The Bertz CT molecular complexity index is 632. The third kappa shape index (κ3) is 4.41. The lowest BCUT2D eigenvalue weighted by Crippen LogP contribution is -2.56. The lowest BCUT2D eigenvalue weighted by Gasteiger charge is -2.36. The second-order valence-corrected chi connectivity index (χ2v) is 6.74. The number of allylic oxidation sites excluding steroid dienone is 1. The number of amides is 2. The average Bonchev–Trinajstić information content (AvgIpc) is 2.51. The van der Waals surface area contributed by atoms with Gasteiger partial charge in [-0.25, -0.2) is 9.40 Å². The smallest absolute Gasteiger partial charge is 0.268 e. The fourth-order valence-corrected chi connectivity index (χ4v) is 2.49. The monoisotopic (exact) mass is 318 g/mol. The number of rotatable bonds is 2. The molecular formula is C18H23FN2O2. The van der Waals surface area contributed by atoms with E-state index in [2.05, 4.69) is 5.43 Å². The Labute approximate surface area is 136 Å². The van der Waals surface area contributed by atoms with E-state index in [-0.39, 0.29) is 11.5 Å². The van der Waals surface area contributed by atoms with Crippen molar-refractivity contribution in [1.82, 2.24) is 10.4 Å². The molecule has 0 saturated heterocycles. The van der Waals surface area contributed by atoms with E-state index in [0.29, 0.717) is 0 Å². The number of carbonyl (C=O) groups excluding carboxylic acids is 2. The molecule has 2 rings (SSSR count). The minimum Gasteiger partial charge on any atom is -0.268 e. The molecule has 0 atom stereocenters. The Hall–Kier alpha value is -2.17. The van der Waals surface area contributed by atoms with Crippen molar-refractivity contribution in [2.24, 2.45) is 0 Å². The molecule has 2 amide bonds. The lowest BCUT2D eigenvalue weighted by molar-refractivity contribution is -0.135.